The van der Waals surface area contributed by atoms with Crippen LogP contribution in [0.5, 0.6) is 11.5 Å². The average Bonchev–Trinajstić information content (AvgIpc) is 2.96. The quantitative estimate of drug-likeness (QED) is 0.134. The molecule has 0 radical (unpaired) electrons. The smallest absolute Gasteiger partial charge is 0.315 e. The van der Waals surface area contributed by atoms with Crippen molar-refractivity contribution >= 4 is 34.4 Å². The second kappa shape index (κ2) is 11.2. The lowest BCUT2D eigenvalue weighted by molar-refractivity contribution is -0.386. The third-order valence-electron chi connectivity index (χ3n) is 5.88. The van der Waals surface area contributed by atoms with E-state index < -0.39 is 4.92 Å². The first kappa shape index (κ1) is 25.6. The van der Waals surface area contributed by atoms with E-state index in [1.165, 1.54) is 24.1 Å². The molecule has 0 aliphatic heterocycles. The Morgan fingerprint density at radius 2 is 1.74 bits per heavy atom. The molecule has 0 aliphatic rings. The minimum atomic E-state index is -0.559. The van der Waals surface area contributed by atoms with Crippen molar-refractivity contribution in [3.63, 3.8) is 0 Å². The second-order valence-corrected chi connectivity index (χ2v) is 8.86. The first-order valence-electron chi connectivity index (χ1n) is 11.8. The number of para-hydroxylation sites is 1. The molecule has 0 atom stereocenters. The van der Waals surface area contributed by atoms with E-state index in [0.717, 1.165) is 5.56 Å². The van der Waals surface area contributed by atoms with Gasteiger partial charge in [0.1, 0.15) is 6.61 Å². The topological polar surface area (TPSA) is 109 Å². The number of halogens is 1. The lowest BCUT2D eigenvalue weighted by Crippen LogP contribution is -2.20. The van der Waals surface area contributed by atoms with E-state index in [-0.39, 0.29) is 29.4 Å². The molecule has 1 heterocycles. The van der Waals surface area contributed by atoms with Crippen LogP contribution in [0.2, 0.25) is 5.02 Å². The van der Waals surface area contributed by atoms with Gasteiger partial charge in [-0.25, -0.2) is 4.98 Å². The molecule has 0 amide bonds. The van der Waals surface area contributed by atoms with Crippen LogP contribution in [0.25, 0.3) is 22.3 Å². The summed E-state index contributed by atoms with van der Waals surface area (Å²) in [5, 5.41) is 17.3. The Hall–Kier alpha value is -5.02. The number of nitrogens with zero attached hydrogens (tertiary/aromatic N) is 4. The number of fused-ring (bicyclic) bond motifs is 1. The standard InChI is InChI=1S/C29H21ClN4O5/c1-38-26-16-20(15-25(34(36)37)27(26)39-18-19-11-13-22(30)14-12-19)17-31-33-28(21-7-3-2-4-8-21)32-24-10-6-5-9-23(24)29(33)35/h2-17H,18H2,1H3. The van der Waals surface area contributed by atoms with Crippen molar-refractivity contribution in [2.45, 2.75) is 6.61 Å². The van der Waals surface area contributed by atoms with E-state index in [1.807, 2.05) is 30.3 Å². The van der Waals surface area contributed by atoms with Gasteiger partial charge in [-0.3, -0.25) is 14.9 Å². The summed E-state index contributed by atoms with van der Waals surface area (Å²) in [4.78, 5) is 29.4. The number of nitro groups is 1. The Morgan fingerprint density at radius 1 is 1.03 bits per heavy atom. The van der Waals surface area contributed by atoms with Gasteiger partial charge in [0.25, 0.3) is 5.56 Å². The number of hydrogen-bond acceptors (Lipinski definition) is 7. The molecule has 0 spiro atoms. The van der Waals surface area contributed by atoms with E-state index in [9.17, 15) is 14.9 Å². The fraction of sp³-hybridized carbons (Fsp3) is 0.0690. The number of ether oxygens (including phenoxy) is 2. The Balaban J connectivity index is 1.56. The molecule has 0 N–H and O–H groups in total. The minimum Gasteiger partial charge on any atom is -0.493 e. The summed E-state index contributed by atoms with van der Waals surface area (Å²) >= 11 is 5.93. The molecular weight excluding hydrogens is 520 g/mol. The second-order valence-electron chi connectivity index (χ2n) is 8.42. The van der Waals surface area contributed by atoms with Crippen LogP contribution in [0.4, 0.5) is 5.69 Å². The van der Waals surface area contributed by atoms with Crippen LogP contribution in [0.15, 0.2) is 101 Å². The molecule has 5 rings (SSSR count). The fourth-order valence-electron chi connectivity index (χ4n) is 3.98. The Labute approximate surface area is 227 Å². The molecule has 0 fully saturated rings. The normalized spacial score (nSPS) is 11.1. The van der Waals surface area contributed by atoms with E-state index in [1.54, 1.807) is 54.6 Å². The van der Waals surface area contributed by atoms with Crippen LogP contribution in [-0.4, -0.2) is 27.9 Å². The molecule has 10 heteroatoms. The number of benzene rings is 4. The maximum Gasteiger partial charge on any atom is 0.315 e. The van der Waals surface area contributed by atoms with Crippen LogP contribution in [0, 0.1) is 10.1 Å². The van der Waals surface area contributed by atoms with Crippen LogP contribution >= 0.6 is 11.6 Å². The summed E-state index contributed by atoms with van der Waals surface area (Å²) in [7, 11) is 1.39. The lowest BCUT2D eigenvalue weighted by Gasteiger charge is -2.12. The largest absolute Gasteiger partial charge is 0.493 e. The van der Waals surface area contributed by atoms with Gasteiger partial charge in [0, 0.05) is 22.2 Å². The molecular formula is C29H21ClN4O5. The van der Waals surface area contributed by atoms with E-state index >= 15 is 0 Å². The summed E-state index contributed by atoms with van der Waals surface area (Å²) in [5.41, 5.74) is 1.64. The van der Waals surface area contributed by atoms with Gasteiger partial charge in [-0.15, -0.1) is 0 Å². The molecule has 0 unspecified atom stereocenters. The third kappa shape index (κ3) is 5.48. The molecule has 4 aromatic carbocycles. The van der Waals surface area contributed by atoms with E-state index in [4.69, 9.17) is 21.1 Å². The number of hydrogen-bond donors (Lipinski definition) is 0. The predicted molar refractivity (Wildman–Crippen MR) is 150 cm³/mol. The maximum atomic E-state index is 13.4. The SMILES string of the molecule is COc1cc(C=Nn2c(-c3ccccc3)nc3ccccc3c2=O)cc([N+](=O)[O-])c1OCc1ccc(Cl)cc1. The molecule has 5 aromatic rings. The maximum absolute atomic E-state index is 13.4. The van der Waals surface area contributed by atoms with Crippen molar-refractivity contribution in [2.24, 2.45) is 5.10 Å². The van der Waals surface area contributed by atoms with Gasteiger partial charge in [0.15, 0.2) is 11.6 Å². The van der Waals surface area contributed by atoms with Gasteiger partial charge in [-0.2, -0.15) is 9.78 Å². The number of aromatic nitrogens is 2. The molecule has 0 bridgehead atoms. The highest BCUT2D eigenvalue weighted by atomic mass is 35.5. The van der Waals surface area contributed by atoms with Crippen molar-refractivity contribution in [3.8, 4) is 22.9 Å². The Kier molecular flexibility index (Phi) is 7.33. The minimum absolute atomic E-state index is 0.0240. The van der Waals surface area contributed by atoms with Gasteiger partial charge in [0.05, 0.1) is 29.2 Å². The van der Waals surface area contributed by atoms with Gasteiger partial charge in [0.2, 0.25) is 5.75 Å². The monoisotopic (exact) mass is 540 g/mol. The Bertz CT molecular complexity index is 1750. The molecule has 0 saturated heterocycles. The van der Waals surface area contributed by atoms with Crippen molar-refractivity contribution in [3.05, 3.63) is 128 Å². The molecule has 0 aliphatic carbocycles. The summed E-state index contributed by atoms with van der Waals surface area (Å²) < 4.78 is 12.4. The van der Waals surface area contributed by atoms with Gasteiger partial charge in [-0.05, 0) is 35.9 Å². The molecule has 194 valence electrons. The highest BCUT2D eigenvalue weighted by Gasteiger charge is 2.22. The Morgan fingerprint density at radius 3 is 2.46 bits per heavy atom. The summed E-state index contributed by atoms with van der Waals surface area (Å²) in [6, 6.07) is 26.0. The van der Waals surface area contributed by atoms with Crippen LogP contribution in [0.3, 0.4) is 0 Å². The van der Waals surface area contributed by atoms with E-state index in [0.29, 0.717) is 32.9 Å². The van der Waals surface area contributed by atoms with Gasteiger partial charge in [-0.1, -0.05) is 66.2 Å². The zero-order valence-corrected chi connectivity index (χ0v) is 21.4. The summed E-state index contributed by atoms with van der Waals surface area (Å²) in [5.74, 6) is 0.455. The number of methoxy groups -OCH3 is 1. The van der Waals surface area contributed by atoms with Gasteiger partial charge >= 0.3 is 5.69 Å². The zero-order valence-electron chi connectivity index (χ0n) is 20.7. The third-order valence-corrected chi connectivity index (χ3v) is 6.13. The van der Waals surface area contributed by atoms with Crippen LogP contribution in [0.1, 0.15) is 11.1 Å². The van der Waals surface area contributed by atoms with Crippen LogP contribution < -0.4 is 15.0 Å². The fourth-order valence-corrected chi connectivity index (χ4v) is 4.11. The molecule has 1 aromatic heterocycles. The lowest BCUT2D eigenvalue weighted by atomic mass is 10.1. The highest BCUT2D eigenvalue weighted by molar-refractivity contribution is 6.30. The highest BCUT2D eigenvalue weighted by Crippen LogP contribution is 2.38. The van der Waals surface area contributed by atoms with Crippen LogP contribution in [-0.2, 0) is 6.61 Å². The van der Waals surface area contributed by atoms with Crippen molar-refractivity contribution in [1.82, 2.24) is 9.66 Å². The number of nitro benzene ring substituents is 1. The zero-order chi connectivity index (χ0) is 27.4. The van der Waals surface area contributed by atoms with Crippen molar-refractivity contribution < 1.29 is 14.4 Å². The molecule has 39 heavy (non-hydrogen) atoms. The van der Waals surface area contributed by atoms with Crippen molar-refractivity contribution in [2.75, 3.05) is 7.11 Å². The van der Waals surface area contributed by atoms with Crippen molar-refractivity contribution in [1.29, 1.82) is 0 Å². The average molecular weight is 541 g/mol. The first-order valence-corrected chi connectivity index (χ1v) is 12.2. The predicted octanol–water partition coefficient (Wildman–Crippen LogP) is 6.09. The first-order chi connectivity index (χ1) is 18.9. The van der Waals surface area contributed by atoms with Gasteiger partial charge < -0.3 is 9.47 Å². The van der Waals surface area contributed by atoms with E-state index in [2.05, 4.69) is 10.1 Å². The summed E-state index contributed by atoms with van der Waals surface area (Å²) in [6.45, 7) is 0.0698. The summed E-state index contributed by atoms with van der Waals surface area (Å²) in [6.07, 6.45) is 1.35. The molecule has 9 nitrogen and oxygen atoms in total. The number of rotatable bonds is 8. The molecule has 0 saturated carbocycles.